The van der Waals surface area contributed by atoms with Gasteiger partial charge in [0, 0.05) is 0 Å². The molecule has 1 aliphatic heterocycles. The minimum atomic E-state index is 0.139. The van der Waals surface area contributed by atoms with Crippen LogP contribution >= 0.6 is 11.8 Å². The largest absolute Gasteiger partial charge is 0.496 e. The molecule has 0 bridgehead atoms. The van der Waals surface area contributed by atoms with Gasteiger partial charge in [0.15, 0.2) is 5.82 Å². The predicted octanol–water partition coefficient (Wildman–Crippen LogP) is 3.30. The van der Waals surface area contributed by atoms with Crippen LogP contribution in [0.5, 0.6) is 5.75 Å². The normalized spacial score (nSPS) is 16.1. The van der Waals surface area contributed by atoms with E-state index in [2.05, 4.69) is 27.8 Å². The molecule has 22 heavy (non-hydrogen) atoms. The lowest BCUT2D eigenvalue weighted by Gasteiger charge is -2.13. The molecule has 4 rings (SSSR count). The SMILES string of the molecule is COc1ccccc1-c1nnc2n1N[C@H](c1ccccc1)S2. The summed E-state index contributed by atoms with van der Waals surface area (Å²) in [6, 6.07) is 18.1. The first-order chi connectivity index (χ1) is 10.9. The number of hydrogen-bond acceptors (Lipinski definition) is 5. The van der Waals surface area contributed by atoms with Crippen LogP contribution in [0.15, 0.2) is 59.8 Å². The van der Waals surface area contributed by atoms with E-state index in [1.807, 2.05) is 47.1 Å². The minimum Gasteiger partial charge on any atom is -0.496 e. The highest BCUT2D eigenvalue weighted by atomic mass is 32.2. The number of thioether (sulfide) groups is 1. The molecule has 1 aliphatic rings. The molecule has 1 atom stereocenters. The third kappa shape index (κ3) is 2.12. The number of ether oxygens (including phenoxy) is 1. The third-order valence-corrected chi connectivity index (χ3v) is 4.64. The van der Waals surface area contributed by atoms with E-state index < -0.39 is 0 Å². The molecule has 2 heterocycles. The summed E-state index contributed by atoms with van der Waals surface area (Å²) in [6.45, 7) is 0. The molecule has 3 aromatic rings. The Morgan fingerprint density at radius 1 is 1.05 bits per heavy atom. The second-order valence-corrected chi connectivity index (χ2v) is 5.95. The Bertz CT molecular complexity index is 803. The fraction of sp³-hybridized carbons (Fsp3) is 0.125. The van der Waals surface area contributed by atoms with E-state index in [4.69, 9.17) is 4.74 Å². The van der Waals surface area contributed by atoms with Gasteiger partial charge in [-0.2, -0.15) is 0 Å². The van der Waals surface area contributed by atoms with Crippen molar-refractivity contribution in [3.63, 3.8) is 0 Å². The standard InChI is InChI=1S/C16H14N4OS/c1-21-13-10-6-5-9-12(13)14-17-18-16-20(14)19-15(22-16)11-7-3-2-4-8-11/h2-10,15,19H,1H3/t15-/m0/s1. The molecule has 0 unspecified atom stereocenters. The van der Waals surface area contributed by atoms with E-state index in [-0.39, 0.29) is 5.37 Å². The van der Waals surface area contributed by atoms with Crippen LogP contribution in [0.1, 0.15) is 10.9 Å². The van der Waals surface area contributed by atoms with Gasteiger partial charge < -0.3 is 10.2 Å². The van der Waals surface area contributed by atoms with Gasteiger partial charge in [0.25, 0.3) is 0 Å². The van der Waals surface area contributed by atoms with Gasteiger partial charge in [-0.1, -0.05) is 54.2 Å². The van der Waals surface area contributed by atoms with Crippen molar-refractivity contribution in [3.05, 3.63) is 60.2 Å². The molecule has 110 valence electrons. The quantitative estimate of drug-likeness (QED) is 0.804. The van der Waals surface area contributed by atoms with Gasteiger partial charge in [-0.3, -0.25) is 0 Å². The molecule has 0 amide bonds. The van der Waals surface area contributed by atoms with Crippen LogP contribution in [-0.4, -0.2) is 22.0 Å². The maximum Gasteiger partial charge on any atom is 0.212 e. The number of para-hydroxylation sites is 1. The molecule has 0 fully saturated rings. The number of hydrogen-bond donors (Lipinski definition) is 1. The average Bonchev–Trinajstić information content (AvgIpc) is 3.16. The molecule has 0 spiro atoms. The molecular formula is C16H14N4OS. The zero-order chi connectivity index (χ0) is 14.9. The number of methoxy groups -OCH3 is 1. The monoisotopic (exact) mass is 310 g/mol. The molecule has 0 saturated heterocycles. The fourth-order valence-corrected chi connectivity index (χ4v) is 3.48. The van der Waals surface area contributed by atoms with E-state index in [1.54, 1.807) is 18.9 Å². The molecule has 0 radical (unpaired) electrons. The molecule has 0 aliphatic carbocycles. The van der Waals surface area contributed by atoms with Crippen LogP contribution in [0.25, 0.3) is 11.4 Å². The van der Waals surface area contributed by atoms with Gasteiger partial charge in [-0.25, -0.2) is 4.68 Å². The second-order valence-electron chi connectivity index (χ2n) is 4.88. The summed E-state index contributed by atoms with van der Waals surface area (Å²) in [5.74, 6) is 1.55. The highest BCUT2D eigenvalue weighted by Gasteiger charge is 2.28. The smallest absolute Gasteiger partial charge is 0.212 e. The van der Waals surface area contributed by atoms with Crippen molar-refractivity contribution in [1.29, 1.82) is 0 Å². The fourth-order valence-electron chi connectivity index (χ4n) is 2.49. The molecule has 1 aromatic heterocycles. The van der Waals surface area contributed by atoms with E-state index in [0.717, 1.165) is 22.3 Å². The van der Waals surface area contributed by atoms with Crippen molar-refractivity contribution in [2.45, 2.75) is 10.5 Å². The molecule has 6 heteroatoms. The van der Waals surface area contributed by atoms with Gasteiger partial charge in [-0.15, -0.1) is 10.2 Å². The second kappa shape index (κ2) is 5.38. The summed E-state index contributed by atoms with van der Waals surface area (Å²) in [5, 5.41) is 9.57. The number of aromatic nitrogens is 3. The molecule has 5 nitrogen and oxygen atoms in total. The zero-order valence-corrected chi connectivity index (χ0v) is 12.7. The van der Waals surface area contributed by atoms with Gasteiger partial charge >= 0.3 is 0 Å². The molecule has 0 saturated carbocycles. The maximum atomic E-state index is 5.42. The van der Waals surface area contributed by atoms with Crippen LogP contribution in [-0.2, 0) is 0 Å². The highest BCUT2D eigenvalue weighted by Crippen LogP contribution is 2.41. The third-order valence-electron chi connectivity index (χ3n) is 3.55. The van der Waals surface area contributed by atoms with Crippen LogP contribution < -0.4 is 10.2 Å². The number of rotatable bonds is 3. The Hall–Kier alpha value is -2.47. The first-order valence-corrected chi connectivity index (χ1v) is 7.82. The van der Waals surface area contributed by atoms with E-state index in [1.165, 1.54) is 5.56 Å². The zero-order valence-electron chi connectivity index (χ0n) is 11.9. The summed E-state index contributed by atoms with van der Waals surface area (Å²) >= 11 is 1.66. The summed E-state index contributed by atoms with van der Waals surface area (Å²) in [5.41, 5.74) is 5.58. The number of fused-ring (bicyclic) bond motifs is 1. The Kier molecular flexibility index (Phi) is 3.23. The summed E-state index contributed by atoms with van der Waals surface area (Å²) in [4.78, 5) is 0. The van der Waals surface area contributed by atoms with Crippen molar-refractivity contribution in [2.75, 3.05) is 12.5 Å². The maximum absolute atomic E-state index is 5.42. The van der Waals surface area contributed by atoms with Gasteiger partial charge in [0.2, 0.25) is 5.16 Å². The minimum absolute atomic E-state index is 0.139. The first kappa shape index (κ1) is 13.2. The summed E-state index contributed by atoms with van der Waals surface area (Å²) in [7, 11) is 1.66. The van der Waals surface area contributed by atoms with Crippen LogP contribution in [0.3, 0.4) is 0 Å². The Balaban J connectivity index is 1.71. The first-order valence-electron chi connectivity index (χ1n) is 6.94. The van der Waals surface area contributed by atoms with Crippen LogP contribution in [0, 0.1) is 0 Å². The Morgan fingerprint density at radius 2 is 1.82 bits per heavy atom. The Morgan fingerprint density at radius 3 is 2.64 bits per heavy atom. The molecule has 1 N–H and O–H groups in total. The lowest BCUT2D eigenvalue weighted by Crippen LogP contribution is -2.13. The van der Waals surface area contributed by atoms with Crippen molar-refractivity contribution >= 4 is 11.8 Å². The molecule has 2 aromatic carbocycles. The topological polar surface area (TPSA) is 52.0 Å². The van der Waals surface area contributed by atoms with Crippen molar-refractivity contribution in [3.8, 4) is 17.1 Å². The molecular weight excluding hydrogens is 296 g/mol. The Labute approximate surface area is 132 Å². The van der Waals surface area contributed by atoms with Crippen LogP contribution in [0.2, 0.25) is 0 Å². The number of nitrogens with zero attached hydrogens (tertiary/aromatic N) is 3. The summed E-state index contributed by atoms with van der Waals surface area (Å²) in [6.07, 6.45) is 0. The average molecular weight is 310 g/mol. The van der Waals surface area contributed by atoms with Gasteiger partial charge in [0.1, 0.15) is 11.1 Å². The van der Waals surface area contributed by atoms with E-state index >= 15 is 0 Å². The summed E-state index contributed by atoms with van der Waals surface area (Å²) < 4.78 is 7.36. The lowest BCUT2D eigenvalue weighted by molar-refractivity contribution is 0.416. The highest BCUT2D eigenvalue weighted by molar-refractivity contribution is 7.99. The van der Waals surface area contributed by atoms with Gasteiger partial charge in [0.05, 0.1) is 12.7 Å². The van der Waals surface area contributed by atoms with Crippen molar-refractivity contribution < 1.29 is 4.74 Å². The lowest BCUT2D eigenvalue weighted by atomic mass is 10.2. The van der Waals surface area contributed by atoms with Crippen molar-refractivity contribution in [2.24, 2.45) is 0 Å². The van der Waals surface area contributed by atoms with Crippen LogP contribution in [0.4, 0.5) is 0 Å². The van der Waals surface area contributed by atoms with E-state index in [0.29, 0.717) is 0 Å². The number of nitrogens with one attached hydrogen (secondary N) is 1. The predicted molar refractivity (Wildman–Crippen MR) is 86.4 cm³/mol. The van der Waals surface area contributed by atoms with E-state index in [9.17, 15) is 0 Å². The van der Waals surface area contributed by atoms with Crippen molar-refractivity contribution in [1.82, 2.24) is 14.9 Å². The van der Waals surface area contributed by atoms with Gasteiger partial charge in [-0.05, 0) is 17.7 Å². The number of benzene rings is 2.